The van der Waals surface area contributed by atoms with Gasteiger partial charge in [-0.1, -0.05) is 104 Å². The summed E-state index contributed by atoms with van der Waals surface area (Å²) in [4.78, 5) is 8.33. The highest BCUT2D eigenvalue weighted by molar-refractivity contribution is 5.47. The van der Waals surface area contributed by atoms with E-state index in [9.17, 15) is 0 Å². The van der Waals surface area contributed by atoms with Crippen LogP contribution in [-0.4, -0.2) is 69.5 Å². The number of hydrogen-bond donors (Lipinski definition) is 0. The van der Waals surface area contributed by atoms with Gasteiger partial charge in [-0.05, 0) is 45.7 Å². The van der Waals surface area contributed by atoms with Crippen molar-refractivity contribution in [2.24, 2.45) is 0 Å². The third-order valence-electron chi connectivity index (χ3n) is 7.45. The lowest BCUT2D eigenvalue weighted by atomic mass is 10.1. The number of unbranched alkanes of at least 4 members (excludes halogenated alkanes) is 16. The predicted molar refractivity (Wildman–Crippen MR) is 155 cm³/mol. The molecule has 220 valence electrons. The third-order valence-corrected chi connectivity index (χ3v) is 7.45. The molecule has 0 fully saturated rings. The second-order valence-electron chi connectivity index (χ2n) is 11.9. The van der Waals surface area contributed by atoms with Crippen LogP contribution in [0, 0.1) is 0 Å². The number of carbonyl (C=O) groups is 1. The SMILES string of the molecule is CCCCCCCCCCC[N+](C)(C)CC.CCCCCCCCCCC[N+](C)(C)CC.O=C([O-])[O-]. The van der Waals surface area contributed by atoms with Crippen LogP contribution in [0.25, 0.3) is 0 Å². The normalized spacial score (nSPS) is 11.3. The van der Waals surface area contributed by atoms with E-state index in [0.29, 0.717) is 0 Å². The highest BCUT2D eigenvalue weighted by Gasteiger charge is 2.10. The summed E-state index contributed by atoms with van der Waals surface area (Å²) in [5, 5.41) is 16.7. The molecule has 0 aliphatic carbocycles. The van der Waals surface area contributed by atoms with Crippen LogP contribution in [0.3, 0.4) is 0 Å². The molecule has 0 atom stereocenters. The highest BCUT2D eigenvalue weighted by Crippen LogP contribution is 2.12. The minimum atomic E-state index is -2.33. The lowest BCUT2D eigenvalue weighted by Crippen LogP contribution is -2.39. The second kappa shape index (κ2) is 28.8. The molecule has 0 heterocycles. The van der Waals surface area contributed by atoms with Gasteiger partial charge in [-0.2, -0.15) is 0 Å². The van der Waals surface area contributed by atoms with Crippen LogP contribution >= 0.6 is 0 Å². The van der Waals surface area contributed by atoms with Crippen LogP contribution in [0.4, 0.5) is 4.79 Å². The van der Waals surface area contributed by atoms with Crippen LogP contribution in [0.15, 0.2) is 0 Å². The Morgan fingerprint density at radius 3 is 0.833 bits per heavy atom. The zero-order chi connectivity index (χ0) is 28.1. The summed E-state index contributed by atoms with van der Waals surface area (Å²) < 4.78 is 2.38. The van der Waals surface area contributed by atoms with E-state index in [1.165, 1.54) is 151 Å². The molecule has 36 heavy (non-hydrogen) atoms. The summed E-state index contributed by atoms with van der Waals surface area (Å²) in [6.45, 7) is 14.4. The first-order chi connectivity index (χ1) is 17.0. The molecule has 5 nitrogen and oxygen atoms in total. The van der Waals surface area contributed by atoms with Gasteiger partial charge in [0.25, 0.3) is 0 Å². The van der Waals surface area contributed by atoms with E-state index in [2.05, 4.69) is 55.9 Å². The molecule has 0 rings (SSSR count). The first-order valence-corrected chi connectivity index (χ1v) is 15.5. The van der Waals surface area contributed by atoms with Gasteiger partial charge in [-0.25, -0.2) is 0 Å². The van der Waals surface area contributed by atoms with Gasteiger partial charge < -0.3 is 24.0 Å². The molecule has 0 unspecified atom stereocenters. The van der Waals surface area contributed by atoms with Gasteiger partial charge in [-0.3, -0.25) is 0 Å². The summed E-state index contributed by atoms with van der Waals surface area (Å²) >= 11 is 0. The van der Waals surface area contributed by atoms with Crippen molar-refractivity contribution >= 4 is 6.16 Å². The van der Waals surface area contributed by atoms with Crippen LogP contribution in [0.2, 0.25) is 0 Å². The molecule has 5 heteroatoms. The Hall–Kier alpha value is -0.810. The van der Waals surface area contributed by atoms with Gasteiger partial charge in [0.2, 0.25) is 0 Å². The molecule has 0 aromatic carbocycles. The zero-order valence-electron chi connectivity index (χ0n) is 26.2. The molecule has 0 bridgehead atoms. The van der Waals surface area contributed by atoms with Crippen molar-refractivity contribution in [1.82, 2.24) is 0 Å². The smallest absolute Gasteiger partial charge is 0.0782 e. The number of carboxylic acid groups (broad SMARTS) is 2. The number of quaternary nitrogens is 2. The average Bonchev–Trinajstić information content (AvgIpc) is 2.82. The quantitative estimate of drug-likeness (QED) is 0.118. The molecule has 0 aliphatic rings. The van der Waals surface area contributed by atoms with Gasteiger partial charge in [0.15, 0.2) is 0 Å². The molecular formula is C31H68N2O3. The Morgan fingerprint density at radius 2 is 0.639 bits per heavy atom. The topological polar surface area (TPSA) is 63.2 Å². The summed E-state index contributed by atoms with van der Waals surface area (Å²) in [6, 6.07) is 0. The fourth-order valence-corrected chi connectivity index (χ4v) is 4.02. The number of hydrogen-bond acceptors (Lipinski definition) is 3. The summed E-state index contributed by atoms with van der Waals surface area (Å²) in [5.41, 5.74) is 0. The number of carbonyl (C=O) groups excluding carboxylic acids is 1. The summed E-state index contributed by atoms with van der Waals surface area (Å²) in [7, 11) is 9.35. The van der Waals surface area contributed by atoms with E-state index < -0.39 is 6.16 Å². The van der Waals surface area contributed by atoms with E-state index in [1.54, 1.807) is 0 Å². The maximum Gasteiger partial charge on any atom is 0.0782 e. The summed E-state index contributed by atoms with van der Waals surface area (Å²) in [6.07, 6.45) is 23.6. The van der Waals surface area contributed by atoms with E-state index >= 15 is 0 Å². The molecular weight excluding hydrogens is 448 g/mol. The lowest BCUT2D eigenvalue weighted by Gasteiger charge is -2.28. The highest BCUT2D eigenvalue weighted by atomic mass is 16.6. The van der Waals surface area contributed by atoms with Crippen LogP contribution in [0.1, 0.15) is 143 Å². The standard InChI is InChI=1S/2C15H34N.CH2O3/c2*1-5-7-8-9-10-11-12-13-14-15-16(3,4)6-2;2-1(3)4/h2*5-15H2,1-4H3;(H2,2,3,4)/q2*+1;/p-2. The number of rotatable bonds is 22. The maximum atomic E-state index is 8.33. The minimum absolute atomic E-state index is 1.19. The zero-order valence-corrected chi connectivity index (χ0v) is 26.2. The molecule has 0 amide bonds. The van der Waals surface area contributed by atoms with E-state index in [1.807, 2.05) is 0 Å². The fraction of sp³-hybridized carbons (Fsp3) is 0.968. The summed E-state index contributed by atoms with van der Waals surface area (Å²) in [5.74, 6) is 0. The Morgan fingerprint density at radius 1 is 0.444 bits per heavy atom. The molecule has 0 aliphatic heterocycles. The van der Waals surface area contributed by atoms with E-state index in [0.717, 1.165) is 0 Å². The van der Waals surface area contributed by atoms with Crippen molar-refractivity contribution in [3.05, 3.63) is 0 Å². The molecule has 0 spiro atoms. The Labute approximate surface area is 227 Å². The van der Waals surface area contributed by atoms with Crippen molar-refractivity contribution < 1.29 is 24.0 Å². The minimum Gasteiger partial charge on any atom is -0.652 e. The monoisotopic (exact) mass is 517 g/mol. The Balaban J connectivity index is -0.000000526. The Bertz CT molecular complexity index is 402. The number of nitrogens with zero attached hydrogens (tertiary/aromatic N) is 2. The molecule has 0 saturated carbocycles. The molecule has 0 radical (unpaired) electrons. The van der Waals surface area contributed by atoms with Crippen molar-refractivity contribution in [1.29, 1.82) is 0 Å². The fourth-order valence-electron chi connectivity index (χ4n) is 4.02. The molecule has 0 aromatic heterocycles. The molecule has 0 N–H and O–H groups in total. The predicted octanol–water partition coefficient (Wildman–Crippen LogP) is 6.78. The van der Waals surface area contributed by atoms with E-state index in [-0.39, 0.29) is 0 Å². The van der Waals surface area contributed by atoms with Gasteiger partial charge >= 0.3 is 0 Å². The van der Waals surface area contributed by atoms with Crippen molar-refractivity contribution in [2.75, 3.05) is 54.4 Å². The molecule has 0 saturated heterocycles. The van der Waals surface area contributed by atoms with Crippen LogP contribution in [0.5, 0.6) is 0 Å². The first kappa shape index (κ1) is 39.7. The maximum absolute atomic E-state index is 8.33. The van der Waals surface area contributed by atoms with Crippen molar-refractivity contribution in [3.63, 3.8) is 0 Å². The van der Waals surface area contributed by atoms with Crippen LogP contribution in [-0.2, 0) is 0 Å². The lowest BCUT2D eigenvalue weighted by molar-refractivity contribution is -0.888. The Kier molecular flexibility index (Phi) is 31.7. The third kappa shape index (κ3) is 40.4. The van der Waals surface area contributed by atoms with Gasteiger partial charge in [0.1, 0.15) is 0 Å². The van der Waals surface area contributed by atoms with Gasteiger partial charge in [0.05, 0.1) is 54.4 Å². The second-order valence-corrected chi connectivity index (χ2v) is 11.9. The first-order valence-electron chi connectivity index (χ1n) is 15.5. The average molecular weight is 517 g/mol. The van der Waals surface area contributed by atoms with Crippen molar-refractivity contribution in [3.8, 4) is 0 Å². The van der Waals surface area contributed by atoms with Crippen LogP contribution < -0.4 is 10.2 Å². The van der Waals surface area contributed by atoms with Gasteiger partial charge in [0, 0.05) is 0 Å². The van der Waals surface area contributed by atoms with Crippen molar-refractivity contribution in [2.45, 2.75) is 143 Å². The largest absolute Gasteiger partial charge is 0.652 e. The van der Waals surface area contributed by atoms with E-state index in [4.69, 9.17) is 15.0 Å². The van der Waals surface area contributed by atoms with Gasteiger partial charge in [-0.15, -0.1) is 0 Å². The molecule has 0 aromatic rings.